The molecule has 0 atom stereocenters. The van der Waals surface area contributed by atoms with Crippen LogP contribution in [-0.4, -0.2) is 22.6 Å². The van der Waals surface area contributed by atoms with Crippen LogP contribution in [0.25, 0.3) is 0 Å². The molecule has 0 radical (unpaired) electrons. The van der Waals surface area contributed by atoms with Gasteiger partial charge in [-0.15, -0.1) is 0 Å². The molecule has 0 aromatic carbocycles. The lowest BCUT2D eigenvalue weighted by Crippen LogP contribution is -2.26. The number of H-pyrrole nitrogens is 1. The minimum atomic E-state index is -0.167. The van der Waals surface area contributed by atoms with Crippen molar-refractivity contribution < 1.29 is 4.79 Å². The smallest absolute Gasteiger partial charge is 0.273 e. The van der Waals surface area contributed by atoms with Gasteiger partial charge in [0.05, 0.1) is 11.4 Å². The SMILES string of the molecule is CCc1[nH]nc(C(=O)NCCCC2CCCC2)c1N. The van der Waals surface area contributed by atoms with Crippen LogP contribution < -0.4 is 11.1 Å². The van der Waals surface area contributed by atoms with Crippen molar-refractivity contribution in [2.45, 2.75) is 51.9 Å². The van der Waals surface area contributed by atoms with Gasteiger partial charge in [0.15, 0.2) is 5.69 Å². The third-order valence-electron chi connectivity index (χ3n) is 4.00. The van der Waals surface area contributed by atoms with E-state index in [1.165, 1.54) is 32.1 Å². The molecule has 106 valence electrons. The standard InChI is InChI=1S/C14H24N4O/c1-2-11-12(15)13(18-17-11)14(19)16-9-5-8-10-6-3-4-7-10/h10H,2-9,15H2,1H3,(H,16,19)(H,17,18). The summed E-state index contributed by atoms with van der Waals surface area (Å²) in [4.78, 5) is 11.9. The van der Waals surface area contributed by atoms with E-state index in [0.717, 1.165) is 24.5 Å². The molecule has 1 fully saturated rings. The summed E-state index contributed by atoms with van der Waals surface area (Å²) in [6.45, 7) is 2.69. The number of hydrogen-bond donors (Lipinski definition) is 3. The number of nitrogens with zero attached hydrogens (tertiary/aromatic N) is 1. The van der Waals surface area contributed by atoms with Gasteiger partial charge in [0.25, 0.3) is 5.91 Å². The largest absolute Gasteiger partial charge is 0.395 e. The lowest BCUT2D eigenvalue weighted by atomic mass is 10.0. The van der Waals surface area contributed by atoms with Crippen LogP contribution in [0.4, 0.5) is 5.69 Å². The Morgan fingerprint density at radius 1 is 1.47 bits per heavy atom. The fraction of sp³-hybridized carbons (Fsp3) is 0.714. The molecule has 0 aliphatic heterocycles. The molecule has 5 heteroatoms. The fourth-order valence-electron chi connectivity index (χ4n) is 2.80. The van der Waals surface area contributed by atoms with E-state index >= 15 is 0 Å². The first-order valence-electron chi connectivity index (χ1n) is 7.33. The number of hydrogen-bond acceptors (Lipinski definition) is 3. The van der Waals surface area contributed by atoms with Crippen molar-refractivity contribution in [1.29, 1.82) is 0 Å². The van der Waals surface area contributed by atoms with Crippen molar-refractivity contribution in [2.24, 2.45) is 5.92 Å². The Labute approximate surface area is 114 Å². The van der Waals surface area contributed by atoms with E-state index in [1.54, 1.807) is 0 Å². The average molecular weight is 264 g/mol. The van der Waals surface area contributed by atoms with Crippen molar-refractivity contribution in [3.63, 3.8) is 0 Å². The van der Waals surface area contributed by atoms with Gasteiger partial charge in [-0.3, -0.25) is 9.89 Å². The monoisotopic (exact) mass is 264 g/mol. The molecule has 2 rings (SSSR count). The Morgan fingerprint density at radius 2 is 2.21 bits per heavy atom. The number of anilines is 1. The summed E-state index contributed by atoms with van der Waals surface area (Å²) in [5.74, 6) is 0.707. The Kier molecular flexibility index (Phi) is 4.82. The van der Waals surface area contributed by atoms with Crippen LogP contribution in [0.1, 0.15) is 61.6 Å². The average Bonchev–Trinajstić information content (AvgIpc) is 3.03. The summed E-state index contributed by atoms with van der Waals surface area (Å²) in [5, 5.41) is 9.68. The first-order valence-corrected chi connectivity index (χ1v) is 7.33. The van der Waals surface area contributed by atoms with Gasteiger partial charge < -0.3 is 11.1 Å². The van der Waals surface area contributed by atoms with Crippen LogP contribution in [0, 0.1) is 5.92 Å². The molecule has 0 bridgehead atoms. The first-order chi connectivity index (χ1) is 9.22. The van der Waals surface area contributed by atoms with Crippen LogP contribution in [0.15, 0.2) is 0 Å². The minimum Gasteiger partial charge on any atom is -0.395 e. The van der Waals surface area contributed by atoms with E-state index < -0.39 is 0 Å². The Morgan fingerprint density at radius 3 is 2.84 bits per heavy atom. The van der Waals surface area contributed by atoms with Gasteiger partial charge in [0.2, 0.25) is 0 Å². The van der Waals surface area contributed by atoms with E-state index in [1.807, 2.05) is 6.92 Å². The minimum absolute atomic E-state index is 0.167. The second-order valence-corrected chi connectivity index (χ2v) is 5.37. The number of nitrogen functional groups attached to an aromatic ring is 1. The number of carbonyl (C=O) groups excluding carboxylic acids is 1. The van der Waals surface area contributed by atoms with E-state index in [9.17, 15) is 4.79 Å². The summed E-state index contributed by atoms with van der Waals surface area (Å²) in [7, 11) is 0. The summed E-state index contributed by atoms with van der Waals surface area (Å²) in [6.07, 6.45) is 8.49. The van der Waals surface area contributed by atoms with E-state index in [4.69, 9.17) is 5.73 Å². The van der Waals surface area contributed by atoms with Crippen LogP contribution in [0.5, 0.6) is 0 Å². The quantitative estimate of drug-likeness (QED) is 0.689. The van der Waals surface area contributed by atoms with Gasteiger partial charge in [-0.05, 0) is 25.2 Å². The topological polar surface area (TPSA) is 83.8 Å². The van der Waals surface area contributed by atoms with E-state index in [2.05, 4.69) is 15.5 Å². The van der Waals surface area contributed by atoms with Gasteiger partial charge in [-0.1, -0.05) is 32.6 Å². The molecule has 4 N–H and O–H groups in total. The zero-order valence-electron chi connectivity index (χ0n) is 11.7. The van der Waals surface area contributed by atoms with Gasteiger partial charge >= 0.3 is 0 Å². The van der Waals surface area contributed by atoms with Crippen molar-refractivity contribution >= 4 is 11.6 Å². The molecule has 1 aromatic rings. The van der Waals surface area contributed by atoms with Crippen LogP contribution >= 0.6 is 0 Å². The third kappa shape index (κ3) is 3.49. The molecular formula is C14H24N4O. The molecule has 0 unspecified atom stereocenters. The zero-order chi connectivity index (χ0) is 13.7. The van der Waals surface area contributed by atoms with Crippen molar-refractivity contribution in [1.82, 2.24) is 15.5 Å². The number of aryl methyl sites for hydroxylation is 1. The summed E-state index contributed by atoms with van der Waals surface area (Å²) in [6, 6.07) is 0. The summed E-state index contributed by atoms with van der Waals surface area (Å²) >= 11 is 0. The molecular weight excluding hydrogens is 240 g/mol. The number of rotatable bonds is 6. The van der Waals surface area contributed by atoms with Crippen molar-refractivity contribution in [2.75, 3.05) is 12.3 Å². The van der Waals surface area contributed by atoms with E-state index in [-0.39, 0.29) is 5.91 Å². The molecule has 5 nitrogen and oxygen atoms in total. The highest BCUT2D eigenvalue weighted by molar-refractivity contribution is 5.97. The maximum absolute atomic E-state index is 11.9. The Balaban J connectivity index is 1.72. The summed E-state index contributed by atoms with van der Waals surface area (Å²) in [5.41, 5.74) is 7.51. The molecule has 1 heterocycles. The zero-order valence-corrected chi connectivity index (χ0v) is 11.7. The normalized spacial score (nSPS) is 15.8. The number of amides is 1. The predicted octanol–water partition coefficient (Wildman–Crippen LogP) is 2.25. The van der Waals surface area contributed by atoms with Crippen molar-refractivity contribution in [3.05, 3.63) is 11.4 Å². The summed E-state index contributed by atoms with van der Waals surface area (Å²) < 4.78 is 0. The van der Waals surface area contributed by atoms with Crippen molar-refractivity contribution in [3.8, 4) is 0 Å². The molecule has 1 aromatic heterocycles. The maximum Gasteiger partial charge on any atom is 0.273 e. The maximum atomic E-state index is 11.9. The lowest BCUT2D eigenvalue weighted by Gasteiger charge is -2.08. The molecule has 0 saturated heterocycles. The molecule has 1 aliphatic carbocycles. The highest BCUT2D eigenvalue weighted by Crippen LogP contribution is 2.28. The van der Waals surface area contributed by atoms with Gasteiger partial charge in [-0.2, -0.15) is 5.10 Å². The van der Waals surface area contributed by atoms with Crippen LogP contribution in [0.2, 0.25) is 0 Å². The van der Waals surface area contributed by atoms with Crippen LogP contribution in [-0.2, 0) is 6.42 Å². The second kappa shape index (κ2) is 6.59. The van der Waals surface area contributed by atoms with E-state index in [0.29, 0.717) is 17.9 Å². The van der Waals surface area contributed by atoms with Gasteiger partial charge in [0, 0.05) is 6.54 Å². The number of aromatic nitrogens is 2. The molecule has 0 spiro atoms. The Bertz CT molecular complexity index is 421. The first kappa shape index (κ1) is 13.9. The molecule has 1 amide bonds. The molecule has 1 aliphatic rings. The highest BCUT2D eigenvalue weighted by Gasteiger charge is 2.17. The third-order valence-corrected chi connectivity index (χ3v) is 4.00. The molecule has 1 saturated carbocycles. The number of nitrogens with one attached hydrogen (secondary N) is 2. The number of carbonyl (C=O) groups is 1. The lowest BCUT2D eigenvalue weighted by molar-refractivity contribution is 0.0948. The van der Waals surface area contributed by atoms with Crippen LogP contribution in [0.3, 0.4) is 0 Å². The van der Waals surface area contributed by atoms with Gasteiger partial charge in [0.1, 0.15) is 0 Å². The fourth-order valence-corrected chi connectivity index (χ4v) is 2.80. The van der Waals surface area contributed by atoms with Gasteiger partial charge in [-0.25, -0.2) is 0 Å². The number of nitrogens with two attached hydrogens (primary N) is 1. The highest BCUT2D eigenvalue weighted by atomic mass is 16.1. The Hall–Kier alpha value is -1.52. The second-order valence-electron chi connectivity index (χ2n) is 5.37. The number of aromatic amines is 1. The molecule has 19 heavy (non-hydrogen) atoms. The predicted molar refractivity (Wildman–Crippen MR) is 75.9 cm³/mol.